The maximum Gasteiger partial charge on any atom is 0.0601 e. The second-order valence-corrected chi connectivity index (χ2v) is 11.4. The highest BCUT2D eigenvalue weighted by Gasteiger charge is 2.62. The van der Waals surface area contributed by atoms with E-state index in [2.05, 4.69) is 69.7 Å². The number of aromatic amines is 1. The zero-order valence-electron chi connectivity index (χ0n) is 19.5. The van der Waals surface area contributed by atoms with E-state index in [9.17, 15) is 10.2 Å². The molecule has 3 N–H and O–H groups in total. The van der Waals surface area contributed by atoms with E-state index in [-0.39, 0.29) is 23.5 Å². The second kappa shape index (κ2) is 7.49. The van der Waals surface area contributed by atoms with Crippen molar-refractivity contribution in [2.24, 2.45) is 40.9 Å². The number of aliphatic hydroxyl groups excluding tert-OH is 2. The number of rotatable bonds is 2. The van der Waals surface area contributed by atoms with Gasteiger partial charge in [0.05, 0.1) is 12.2 Å². The molecule has 3 aliphatic carbocycles. The molecule has 31 heavy (non-hydrogen) atoms. The monoisotopic (exact) mass is 421 g/mol. The molecule has 2 aromatic rings. The maximum absolute atomic E-state index is 11.4. The quantitative estimate of drug-likeness (QED) is 0.529. The first-order valence-electron chi connectivity index (χ1n) is 12.3. The van der Waals surface area contributed by atoms with Crippen molar-refractivity contribution in [3.63, 3.8) is 0 Å². The number of benzene rings is 1. The largest absolute Gasteiger partial charge is 0.393 e. The van der Waals surface area contributed by atoms with Gasteiger partial charge in [-0.25, -0.2) is 0 Å². The summed E-state index contributed by atoms with van der Waals surface area (Å²) in [4.78, 5) is 3.53. The fourth-order valence-corrected chi connectivity index (χ4v) is 8.23. The number of fused-ring (bicyclic) bond motifs is 1. The van der Waals surface area contributed by atoms with Crippen molar-refractivity contribution >= 4 is 10.9 Å². The standard InChI is InChI=1S/C28H39NO2/c1-15(2)19-13-20-23(30)11-10-17(4)28(5)24(31)12-16(3)25(27(20)28)26(19)21-14-29-22-9-7-6-8-18(21)22/h6-9,14,16-17,19-20,23-27,29-31H,1,10-13H2,2-5H3. The molecule has 168 valence electrons. The number of nitrogens with one attached hydrogen (secondary N) is 1. The Hall–Kier alpha value is -1.58. The van der Waals surface area contributed by atoms with E-state index in [1.807, 2.05) is 0 Å². The first kappa shape index (κ1) is 21.3. The molecule has 3 nitrogen and oxygen atoms in total. The first-order valence-corrected chi connectivity index (χ1v) is 12.3. The number of allylic oxidation sites excluding steroid dienone is 1. The van der Waals surface area contributed by atoms with Gasteiger partial charge in [0.15, 0.2) is 0 Å². The molecule has 0 saturated heterocycles. The van der Waals surface area contributed by atoms with Gasteiger partial charge in [-0.05, 0) is 91.1 Å². The van der Waals surface area contributed by atoms with E-state index in [4.69, 9.17) is 0 Å². The van der Waals surface area contributed by atoms with Crippen molar-refractivity contribution in [3.05, 3.63) is 48.2 Å². The Kier molecular flexibility index (Phi) is 5.14. The highest BCUT2D eigenvalue weighted by atomic mass is 16.3. The molecule has 3 saturated carbocycles. The molecule has 0 radical (unpaired) electrons. The highest BCUT2D eigenvalue weighted by Crippen LogP contribution is 2.66. The van der Waals surface area contributed by atoms with Crippen LogP contribution in [-0.4, -0.2) is 27.4 Å². The summed E-state index contributed by atoms with van der Waals surface area (Å²) in [5, 5.41) is 24.1. The van der Waals surface area contributed by atoms with Crippen LogP contribution in [0.3, 0.4) is 0 Å². The minimum Gasteiger partial charge on any atom is -0.393 e. The lowest BCUT2D eigenvalue weighted by Gasteiger charge is -2.62. The number of aliphatic hydroxyl groups is 2. The van der Waals surface area contributed by atoms with E-state index < -0.39 is 0 Å². The van der Waals surface area contributed by atoms with Crippen LogP contribution in [0, 0.1) is 40.9 Å². The van der Waals surface area contributed by atoms with Crippen molar-refractivity contribution in [2.75, 3.05) is 0 Å². The summed E-state index contributed by atoms with van der Waals surface area (Å²) in [5.41, 5.74) is 3.69. The van der Waals surface area contributed by atoms with Gasteiger partial charge in [-0.15, -0.1) is 0 Å². The topological polar surface area (TPSA) is 56.2 Å². The molecule has 0 spiro atoms. The normalized spacial score (nSPS) is 45.2. The third-order valence-electron chi connectivity index (χ3n) is 10.0. The van der Waals surface area contributed by atoms with Crippen molar-refractivity contribution < 1.29 is 10.2 Å². The Bertz CT molecular complexity index is 972. The van der Waals surface area contributed by atoms with Crippen LogP contribution in [0.15, 0.2) is 42.6 Å². The maximum atomic E-state index is 11.4. The highest BCUT2D eigenvalue weighted by molar-refractivity contribution is 5.83. The number of aromatic nitrogens is 1. The van der Waals surface area contributed by atoms with Gasteiger partial charge in [0.1, 0.15) is 0 Å². The van der Waals surface area contributed by atoms with Crippen molar-refractivity contribution in [3.8, 4) is 0 Å². The lowest BCUT2D eigenvalue weighted by molar-refractivity contribution is -0.169. The molecule has 10 unspecified atom stereocenters. The third-order valence-corrected chi connectivity index (χ3v) is 10.0. The fourth-order valence-electron chi connectivity index (χ4n) is 8.23. The van der Waals surface area contributed by atoms with Gasteiger partial charge in [0.25, 0.3) is 0 Å². The zero-order valence-corrected chi connectivity index (χ0v) is 19.5. The van der Waals surface area contributed by atoms with Crippen LogP contribution in [0.5, 0.6) is 0 Å². The Labute approximate surface area is 187 Å². The Balaban J connectivity index is 1.72. The van der Waals surface area contributed by atoms with E-state index >= 15 is 0 Å². The summed E-state index contributed by atoms with van der Waals surface area (Å²) >= 11 is 0. The van der Waals surface area contributed by atoms with Crippen LogP contribution >= 0.6 is 0 Å². The molecule has 0 bridgehead atoms. The average Bonchev–Trinajstić information content (AvgIpc) is 3.14. The molecule has 0 amide bonds. The van der Waals surface area contributed by atoms with Crippen LogP contribution in [-0.2, 0) is 0 Å². The number of H-pyrrole nitrogens is 1. The predicted molar refractivity (Wildman–Crippen MR) is 127 cm³/mol. The summed E-state index contributed by atoms with van der Waals surface area (Å²) in [7, 11) is 0. The molecular weight excluding hydrogens is 382 g/mol. The summed E-state index contributed by atoms with van der Waals surface area (Å²) in [6.45, 7) is 13.6. The zero-order chi connectivity index (χ0) is 22.1. The van der Waals surface area contributed by atoms with Gasteiger partial charge in [-0.3, -0.25) is 0 Å². The Morgan fingerprint density at radius 1 is 1.13 bits per heavy atom. The van der Waals surface area contributed by atoms with Crippen LogP contribution in [0.4, 0.5) is 0 Å². The number of para-hydroxylation sites is 1. The molecule has 10 atom stereocenters. The van der Waals surface area contributed by atoms with Gasteiger partial charge in [0.2, 0.25) is 0 Å². The number of hydrogen-bond acceptors (Lipinski definition) is 2. The lowest BCUT2D eigenvalue weighted by atomic mass is 9.43. The molecule has 1 heterocycles. The van der Waals surface area contributed by atoms with Crippen molar-refractivity contribution in [2.45, 2.75) is 71.5 Å². The van der Waals surface area contributed by atoms with Gasteiger partial charge >= 0.3 is 0 Å². The van der Waals surface area contributed by atoms with Crippen LogP contribution in [0.2, 0.25) is 0 Å². The van der Waals surface area contributed by atoms with Gasteiger partial charge in [-0.2, -0.15) is 0 Å². The molecule has 1 aromatic carbocycles. The van der Waals surface area contributed by atoms with Crippen molar-refractivity contribution in [1.29, 1.82) is 0 Å². The van der Waals surface area contributed by atoms with Crippen LogP contribution < -0.4 is 0 Å². The van der Waals surface area contributed by atoms with Gasteiger partial charge in [-0.1, -0.05) is 51.1 Å². The Morgan fingerprint density at radius 2 is 1.87 bits per heavy atom. The lowest BCUT2D eigenvalue weighted by Crippen LogP contribution is -2.60. The van der Waals surface area contributed by atoms with E-state index in [0.717, 1.165) is 25.7 Å². The summed E-state index contributed by atoms with van der Waals surface area (Å²) in [5.74, 6) is 2.54. The van der Waals surface area contributed by atoms with E-state index in [1.165, 1.54) is 22.0 Å². The average molecular weight is 422 g/mol. The molecule has 3 fully saturated rings. The van der Waals surface area contributed by atoms with Gasteiger partial charge < -0.3 is 15.2 Å². The summed E-state index contributed by atoms with van der Waals surface area (Å²) < 4.78 is 0. The van der Waals surface area contributed by atoms with Crippen LogP contribution in [0.1, 0.15) is 64.9 Å². The first-order chi connectivity index (χ1) is 14.7. The van der Waals surface area contributed by atoms with Crippen molar-refractivity contribution in [1.82, 2.24) is 4.98 Å². The minimum absolute atomic E-state index is 0.149. The summed E-state index contributed by atoms with van der Waals surface area (Å²) in [6, 6.07) is 8.64. The molecule has 3 heteroatoms. The van der Waals surface area contributed by atoms with E-state index in [0.29, 0.717) is 35.5 Å². The Morgan fingerprint density at radius 3 is 2.61 bits per heavy atom. The minimum atomic E-state index is -0.295. The number of hydrogen-bond donors (Lipinski definition) is 3. The molecule has 1 aromatic heterocycles. The molecule has 5 rings (SSSR count). The molecular formula is C28H39NO2. The molecule has 3 aliphatic rings. The third kappa shape index (κ3) is 2.99. The van der Waals surface area contributed by atoms with E-state index in [1.54, 1.807) is 0 Å². The van der Waals surface area contributed by atoms with Crippen LogP contribution in [0.25, 0.3) is 10.9 Å². The predicted octanol–water partition coefficient (Wildman–Crippen LogP) is 5.89. The molecule has 0 aliphatic heterocycles. The smallest absolute Gasteiger partial charge is 0.0601 e. The SMILES string of the molecule is C=C(C)C1CC2C(O)CCC(C)C3(C)C(O)CC(C)C(C1c1c[nH]c4ccccc14)C23. The fraction of sp³-hybridized carbons (Fsp3) is 0.643. The summed E-state index contributed by atoms with van der Waals surface area (Å²) in [6.07, 6.45) is 5.34. The second-order valence-electron chi connectivity index (χ2n) is 11.4. The van der Waals surface area contributed by atoms with Gasteiger partial charge in [0, 0.05) is 17.1 Å².